The third-order valence-electron chi connectivity index (χ3n) is 4.32. The van der Waals surface area contributed by atoms with E-state index in [4.69, 9.17) is 0 Å². The number of nitrogens with one attached hydrogen (secondary N) is 1. The molecule has 3 rings (SSSR count). The zero-order chi connectivity index (χ0) is 19.6. The summed E-state index contributed by atoms with van der Waals surface area (Å²) in [4.78, 5) is 19.0. The van der Waals surface area contributed by atoms with Crippen molar-refractivity contribution in [3.63, 3.8) is 0 Å². The molecule has 27 heavy (non-hydrogen) atoms. The first-order valence-corrected chi connectivity index (χ1v) is 8.60. The van der Waals surface area contributed by atoms with Crippen LogP contribution in [0.5, 0.6) is 0 Å². The van der Waals surface area contributed by atoms with Crippen molar-refractivity contribution in [2.45, 2.75) is 20.4 Å². The van der Waals surface area contributed by atoms with Crippen molar-refractivity contribution < 1.29 is 9.18 Å². The van der Waals surface area contributed by atoms with Gasteiger partial charge in [0.2, 0.25) is 0 Å². The summed E-state index contributed by atoms with van der Waals surface area (Å²) in [5.74, 6) is 0.298. The van der Waals surface area contributed by atoms with Gasteiger partial charge in [0.05, 0.1) is 22.6 Å². The Morgan fingerprint density at radius 3 is 2.56 bits per heavy atom. The van der Waals surface area contributed by atoms with Gasteiger partial charge in [-0.3, -0.25) is 4.79 Å². The second-order valence-corrected chi connectivity index (χ2v) is 6.50. The smallest absolute Gasteiger partial charge is 0.255 e. The van der Waals surface area contributed by atoms with Crippen molar-refractivity contribution in [3.05, 3.63) is 70.9 Å². The van der Waals surface area contributed by atoms with Crippen LogP contribution in [0.4, 0.5) is 10.2 Å². The zero-order valence-corrected chi connectivity index (χ0v) is 15.8. The third-order valence-corrected chi connectivity index (χ3v) is 4.32. The van der Waals surface area contributed by atoms with Gasteiger partial charge in [0.25, 0.3) is 5.91 Å². The largest absolute Gasteiger partial charge is 0.362 e. The lowest BCUT2D eigenvalue weighted by Gasteiger charge is -2.16. The molecule has 1 amide bonds. The van der Waals surface area contributed by atoms with Gasteiger partial charge in [-0.15, -0.1) is 0 Å². The predicted octanol–water partition coefficient (Wildman–Crippen LogP) is 3.02. The van der Waals surface area contributed by atoms with Crippen LogP contribution in [0.25, 0.3) is 5.69 Å². The van der Waals surface area contributed by atoms with Crippen molar-refractivity contribution in [3.8, 4) is 5.69 Å². The minimum absolute atomic E-state index is 0.202. The van der Waals surface area contributed by atoms with Gasteiger partial charge >= 0.3 is 0 Å². The van der Waals surface area contributed by atoms with Crippen LogP contribution in [-0.4, -0.2) is 34.8 Å². The fourth-order valence-electron chi connectivity index (χ4n) is 3.04. The van der Waals surface area contributed by atoms with Gasteiger partial charge in [0.1, 0.15) is 11.6 Å². The SMILES string of the molecule is Cc1nn(-c2ccc(F)cc2)c(C)c1C(=O)NCc1cccnc1N(C)C. The second kappa shape index (κ2) is 7.57. The van der Waals surface area contributed by atoms with Crippen molar-refractivity contribution in [1.29, 1.82) is 0 Å². The standard InChI is InChI=1S/C20H22FN5O/c1-13-18(14(2)26(24-13)17-9-7-16(21)8-10-17)20(27)23-12-15-6-5-11-22-19(15)25(3)4/h5-11H,12H2,1-4H3,(H,23,27). The van der Waals surface area contributed by atoms with Crippen LogP contribution in [0.3, 0.4) is 0 Å². The molecule has 0 bridgehead atoms. The van der Waals surface area contributed by atoms with E-state index in [9.17, 15) is 9.18 Å². The number of aromatic nitrogens is 3. The number of anilines is 1. The molecule has 0 saturated carbocycles. The molecule has 0 aliphatic heterocycles. The van der Waals surface area contributed by atoms with Gasteiger partial charge in [0, 0.05) is 32.4 Å². The summed E-state index contributed by atoms with van der Waals surface area (Å²) >= 11 is 0. The van der Waals surface area contributed by atoms with Crippen molar-refractivity contribution in [1.82, 2.24) is 20.1 Å². The Hall–Kier alpha value is -3.22. The summed E-state index contributed by atoms with van der Waals surface area (Å²) in [6.07, 6.45) is 1.72. The molecule has 2 heterocycles. The van der Waals surface area contributed by atoms with Crippen LogP contribution in [0, 0.1) is 19.7 Å². The van der Waals surface area contributed by atoms with Gasteiger partial charge in [-0.25, -0.2) is 14.1 Å². The minimum atomic E-state index is -0.314. The van der Waals surface area contributed by atoms with Crippen LogP contribution in [-0.2, 0) is 6.54 Å². The molecule has 1 N–H and O–H groups in total. The van der Waals surface area contributed by atoms with E-state index in [1.54, 1.807) is 29.9 Å². The fraction of sp³-hybridized carbons (Fsp3) is 0.250. The lowest BCUT2D eigenvalue weighted by atomic mass is 10.1. The van der Waals surface area contributed by atoms with E-state index >= 15 is 0 Å². The van der Waals surface area contributed by atoms with Gasteiger partial charge in [-0.05, 0) is 44.2 Å². The highest BCUT2D eigenvalue weighted by Crippen LogP contribution is 2.19. The average molecular weight is 367 g/mol. The number of amides is 1. The van der Waals surface area contributed by atoms with Gasteiger partial charge < -0.3 is 10.2 Å². The van der Waals surface area contributed by atoms with E-state index in [0.29, 0.717) is 29.2 Å². The number of halogens is 1. The summed E-state index contributed by atoms with van der Waals surface area (Å²) in [5.41, 5.74) is 3.48. The maximum atomic E-state index is 13.2. The van der Waals surface area contributed by atoms with Crippen LogP contribution in [0.15, 0.2) is 42.6 Å². The van der Waals surface area contributed by atoms with Crippen LogP contribution >= 0.6 is 0 Å². The molecule has 0 saturated heterocycles. The summed E-state index contributed by atoms with van der Waals surface area (Å²) in [6.45, 7) is 3.98. The summed E-state index contributed by atoms with van der Waals surface area (Å²) < 4.78 is 14.8. The molecular formula is C20H22FN5O. The number of carbonyl (C=O) groups excluding carboxylic acids is 1. The molecule has 1 aromatic carbocycles. The summed E-state index contributed by atoms with van der Waals surface area (Å²) in [6, 6.07) is 9.79. The number of nitrogens with zero attached hydrogens (tertiary/aromatic N) is 4. The Morgan fingerprint density at radius 2 is 1.89 bits per heavy atom. The molecule has 3 aromatic rings. The molecule has 0 unspecified atom stereocenters. The highest BCUT2D eigenvalue weighted by Gasteiger charge is 2.19. The van der Waals surface area contributed by atoms with Crippen LogP contribution in [0.2, 0.25) is 0 Å². The van der Waals surface area contributed by atoms with E-state index < -0.39 is 0 Å². The molecule has 0 fully saturated rings. The number of benzene rings is 1. The molecule has 2 aromatic heterocycles. The molecule has 140 valence electrons. The Morgan fingerprint density at radius 1 is 1.19 bits per heavy atom. The van der Waals surface area contributed by atoms with E-state index in [-0.39, 0.29) is 11.7 Å². The van der Waals surface area contributed by atoms with Crippen LogP contribution in [0.1, 0.15) is 27.3 Å². The van der Waals surface area contributed by atoms with E-state index in [2.05, 4.69) is 15.4 Å². The van der Waals surface area contributed by atoms with Gasteiger partial charge in [-0.2, -0.15) is 5.10 Å². The second-order valence-electron chi connectivity index (χ2n) is 6.50. The highest BCUT2D eigenvalue weighted by molar-refractivity contribution is 5.96. The van der Waals surface area contributed by atoms with Crippen molar-refractivity contribution in [2.75, 3.05) is 19.0 Å². The number of rotatable bonds is 5. The van der Waals surface area contributed by atoms with E-state index in [1.807, 2.05) is 38.1 Å². The first kappa shape index (κ1) is 18.6. The molecule has 6 nitrogen and oxygen atoms in total. The Bertz CT molecular complexity index is 963. The number of hydrogen-bond acceptors (Lipinski definition) is 4. The lowest BCUT2D eigenvalue weighted by molar-refractivity contribution is 0.0949. The molecule has 0 aliphatic carbocycles. The molecule has 0 radical (unpaired) electrons. The van der Waals surface area contributed by atoms with Crippen molar-refractivity contribution >= 4 is 11.7 Å². The molecule has 0 aliphatic rings. The highest BCUT2D eigenvalue weighted by atomic mass is 19.1. The quantitative estimate of drug-likeness (QED) is 0.753. The molecule has 0 spiro atoms. The number of hydrogen-bond donors (Lipinski definition) is 1. The van der Waals surface area contributed by atoms with E-state index in [1.165, 1.54) is 12.1 Å². The van der Waals surface area contributed by atoms with Gasteiger partial charge in [-0.1, -0.05) is 6.07 Å². The normalized spacial score (nSPS) is 10.7. The summed E-state index contributed by atoms with van der Waals surface area (Å²) in [5, 5.41) is 7.39. The average Bonchev–Trinajstić information content (AvgIpc) is 2.95. The Kier molecular flexibility index (Phi) is 5.21. The first-order valence-electron chi connectivity index (χ1n) is 8.60. The molecule has 7 heteroatoms. The topological polar surface area (TPSA) is 63.1 Å². The zero-order valence-electron chi connectivity index (χ0n) is 15.8. The maximum absolute atomic E-state index is 13.2. The van der Waals surface area contributed by atoms with Gasteiger partial charge in [0.15, 0.2) is 0 Å². The third kappa shape index (κ3) is 3.81. The lowest BCUT2D eigenvalue weighted by Crippen LogP contribution is -2.25. The monoisotopic (exact) mass is 367 g/mol. The van der Waals surface area contributed by atoms with Crippen molar-refractivity contribution in [2.24, 2.45) is 0 Å². The predicted molar refractivity (Wildman–Crippen MR) is 103 cm³/mol. The Labute approximate surface area is 157 Å². The van der Waals surface area contributed by atoms with E-state index in [0.717, 1.165) is 11.4 Å². The number of aryl methyl sites for hydroxylation is 1. The van der Waals surface area contributed by atoms with Crippen LogP contribution < -0.4 is 10.2 Å². The maximum Gasteiger partial charge on any atom is 0.255 e. The number of carbonyl (C=O) groups is 1. The first-order chi connectivity index (χ1) is 12.9. The molecule has 0 atom stereocenters. The summed E-state index contributed by atoms with van der Waals surface area (Å²) in [7, 11) is 3.82. The minimum Gasteiger partial charge on any atom is -0.362 e. The molecular weight excluding hydrogens is 345 g/mol. The Balaban J connectivity index is 1.83. The fourth-order valence-corrected chi connectivity index (χ4v) is 3.04. The number of pyridine rings is 1.